The van der Waals surface area contributed by atoms with Crippen molar-refractivity contribution in [2.45, 2.75) is 129 Å². The molecule has 4 rings (SSSR count). The zero-order valence-electron chi connectivity index (χ0n) is 31.6. The number of alkyl halides is 1. The molecule has 288 valence electrons. The van der Waals surface area contributed by atoms with Crippen LogP contribution in [0.1, 0.15) is 109 Å². The molecule has 10 heteroatoms. The molecule has 0 aliphatic carbocycles. The van der Waals surface area contributed by atoms with E-state index in [4.69, 9.17) is 49.5 Å². The van der Waals surface area contributed by atoms with Crippen LogP contribution in [0.4, 0.5) is 4.39 Å². The summed E-state index contributed by atoms with van der Waals surface area (Å²) in [7, 11) is 0. The molecule has 0 spiro atoms. The summed E-state index contributed by atoms with van der Waals surface area (Å²) in [5.74, 6) is 1.27. The average Bonchev–Trinajstić information content (AvgIpc) is 3.11. The number of hydrogen-bond donors (Lipinski definition) is 0. The second kappa shape index (κ2) is 22.3. The first-order valence-corrected chi connectivity index (χ1v) is 19.8. The van der Waals surface area contributed by atoms with Crippen LogP contribution in [-0.2, 0) is 34.8 Å². The van der Waals surface area contributed by atoms with Gasteiger partial charge in [-0.25, -0.2) is 4.39 Å². The summed E-state index contributed by atoms with van der Waals surface area (Å²) >= 11 is 6.98. The average molecular weight is 737 g/mol. The SMILES string of the molecule is CCCCOC[C@H]1O[C@@H](c2cc(Cc3ccc(OCC)cc3)c(Cl)cc2OCC2(F)COC2)[C@H](OCCCC)[C@@H](OCCCC)[C@@H]1OCCCC. The van der Waals surface area contributed by atoms with Crippen LogP contribution in [0.2, 0.25) is 5.02 Å². The lowest BCUT2D eigenvalue weighted by molar-refractivity contribution is -0.268. The number of hydrogen-bond acceptors (Lipinski definition) is 8. The van der Waals surface area contributed by atoms with Crippen LogP contribution in [0.5, 0.6) is 11.5 Å². The van der Waals surface area contributed by atoms with Crippen molar-refractivity contribution in [2.75, 3.05) is 59.5 Å². The first kappa shape index (κ1) is 41.8. The van der Waals surface area contributed by atoms with Gasteiger partial charge in [-0.1, -0.05) is 77.1 Å². The minimum absolute atomic E-state index is 0.00410. The predicted octanol–water partition coefficient (Wildman–Crippen LogP) is 9.26. The normalized spacial score (nSPS) is 22.8. The minimum atomic E-state index is -1.56. The van der Waals surface area contributed by atoms with E-state index in [1.54, 1.807) is 6.07 Å². The van der Waals surface area contributed by atoms with Crippen LogP contribution in [0.3, 0.4) is 0 Å². The fourth-order valence-electron chi connectivity index (χ4n) is 6.22. The van der Waals surface area contributed by atoms with Crippen molar-refractivity contribution in [3.8, 4) is 11.5 Å². The maximum atomic E-state index is 15.3. The van der Waals surface area contributed by atoms with E-state index in [1.807, 2.05) is 37.3 Å². The summed E-state index contributed by atoms with van der Waals surface area (Å²) in [5, 5.41) is 0.524. The van der Waals surface area contributed by atoms with E-state index in [1.165, 1.54) is 0 Å². The monoisotopic (exact) mass is 736 g/mol. The molecule has 0 bridgehead atoms. The van der Waals surface area contributed by atoms with E-state index in [2.05, 4.69) is 27.7 Å². The molecule has 2 fully saturated rings. The van der Waals surface area contributed by atoms with Crippen LogP contribution in [-0.4, -0.2) is 89.5 Å². The van der Waals surface area contributed by atoms with Crippen LogP contribution in [0.15, 0.2) is 36.4 Å². The molecule has 2 aliphatic rings. The van der Waals surface area contributed by atoms with Gasteiger partial charge in [0.05, 0.1) is 26.4 Å². The molecule has 0 radical (unpaired) electrons. The fraction of sp³-hybridized carbons (Fsp3) is 0.707. The van der Waals surface area contributed by atoms with Gasteiger partial charge in [-0.15, -0.1) is 0 Å². The number of rotatable bonds is 25. The Bertz CT molecular complexity index is 1260. The van der Waals surface area contributed by atoms with Crippen molar-refractivity contribution in [1.29, 1.82) is 0 Å². The van der Waals surface area contributed by atoms with Crippen LogP contribution in [0.25, 0.3) is 0 Å². The molecule has 0 saturated carbocycles. The smallest absolute Gasteiger partial charge is 0.190 e. The molecule has 5 atom stereocenters. The Balaban J connectivity index is 1.78. The molecule has 0 amide bonds. The summed E-state index contributed by atoms with van der Waals surface area (Å²) in [6.07, 6.45) is 5.82. The van der Waals surface area contributed by atoms with E-state index < -0.39 is 36.2 Å². The van der Waals surface area contributed by atoms with Crippen LogP contribution < -0.4 is 9.47 Å². The van der Waals surface area contributed by atoms with Crippen molar-refractivity contribution >= 4 is 11.6 Å². The maximum absolute atomic E-state index is 15.3. The number of halogens is 2. The highest BCUT2D eigenvalue weighted by Crippen LogP contribution is 2.43. The molecular weight excluding hydrogens is 675 g/mol. The summed E-state index contributed by atoms with van der Waals surface area (Å²) in [6, 6.07) is 11.8. The van der Waals surface area contributed by atoms with Crippen molar-refractivity contribution in [1.82, 2.24) is 0 Å². The molecule has 2 aromatic carbocycles. The van der Waals surface area contributed by atoms with Gasteiger partial charge in [0, 0.05) is 37.0 Å². The Morgan fingerprint density at radius 1 is 0.765 bits per heavy atom. The lowest BCUT2D eigenvalue weighted by Crippen LogP contribution is -2.58. The van der Waals surface area contributed by atoms with Gasteiger partial charge in [-0.2, -0.15) is 0 Å². The van der Waals surface area contributed by atoms with E-state index in [0.29, 0.717) is 56.8 Å². The molecule has 0 N–H and O–H groups in total. The second-order valence-corrected chi connectivity index (χ2v) is 14.2. The van der Waals surface area contributed by atoms with Gasteiger partial charge < -0.3 is 37.9 Å². The van der Waals surface area contributed by atoms with Gasteiger partial charge in [-0.05, 0) is 74.4 Å². The standard InChI is InChI=1S/C41H62ClFO8/c1-6-11-19-44-26-36-38(47-20-12-7-2)40(49-22-14-9-4)39(48-21-13-8-3)37(51-36)33-24-31(23-30-15-17-32(18-16-30)46-10-5)34(42)25-35(33)50-29-41(43)27-45-28-41/h15-18,24-25,36-40H,6-14,19-23,26-29H2,1-5H3/t36-,37+,38-,39+,40+/m1/s1. The highest BCUT2D eigenvalue weighted by Gasteiger charge is 2.50. The van der Waals surface area contributed by atoms with Crippen molar-refractivity contribution < 1.29 is 42.3 Å². The molecule has 51 heavy (non-hydrogen) atoms. The quantitative estimate of drug-likeness (QED) is 0.0935. The van der Waals surface area contributed by atoms with E-state index in [-0.39, 0.29) is 19.8 Å². The first-order chi connectivity index (χ1) is 24.9. The topological polar surface area (TPSA) is 73.8 Å². The van der Waals surface area contributed by atoms with E-state index >= 15 is 4.39 Å². The Morgan fingerprint density at radius 3 is 1.96 bits per heavy atom. The third-order valence-corrected chi connectivity index (χ3v) is 9.66. The molecule has 2 saturated heterocycles. The zero-order chi connectivity index (χ0) is 36.5. The highest BCUT2D eigenvalue weighted by molar-refractivity contribution is 6.31. The third-order valence-electron chi connectivity index (χ3n) is 9.30. The third kappa shape index (κ3) is 12.5. The van der Waals surface area contributed by atoms with E-state index in [0.717, 1.165) is 73.8 Å². The molecular formula is C41H62ClFO8. The molecule has 2 heterocycles. The summed E-state index contributed by atoms with van der Waals surface area (Å²) in [5.41, 5.74) is 1.14. The van der Waals surface area contributed by atoms with Gasteiger partial charge in [0.2, 0.25) is 0 Å². The number of unbranched alkanes of at least 4 members (excludes halogenated alkanes) is 4. The Morgan fingerprint density at radius 2 is 1.37 bits per heavy atom. The molecule has 2 aromatic rings. The van der Waals surface area contributed by atoms with Gasteiger partial charge in [-0.3, -0.25) is 0 Å². The van der Waals surface area contributed by atoms with Gasteiger partial charge in [0.25, 0.3) is 0 Å². The second-order valence-electron chi connectivity index (χ2n) is 13.8. The Kier molecular flexibility index (Phi) is 18.3. The Hall–Kier alpha value is -1.98. The lowest BCUT2D eigenvalue weighted by atomic mass is 9.88. The van der Waals surface area contributed by atoms with Crippen molar-refractivity contribution in [3.63, 3.8) is 0 Å². The molecule has 0 unspecified atom stereocenters. The lowest BCUT2D eigenvalue weighted by Gasteiger charge is -2.47. The molecule has 2 aliphatic heterocycles. The maximum Gasteiger partial charge on any atom is 0.190 e. The van der Waals surface area contributed by atoms with Gasteiger partial charge in [0.15, 0.2) is 5.67 Å². The van der Waals surface area contributed by atoms with Crippen molar-refractivity contribution in [3.05, 3.63) is 58.1 Å². The van der Waals surface area contributed by atoms with Crippen molar-refractivity contribution in [2.24, 2.45) is 0 Å². The zero-order valence-corrected chi connectivity index (χ0v) is 32.4. The summed E-state index contributed by atoms with van der Waals surface area (Å²) < 4.78 is 65.8. The van der Waals surface area contributed by atoms with E-state index in [9.17, 15) is 0 Å². The van der Waals surface area contributed by atoms with Crippen LogP contribution >= 0.6 is 11.6 Å². The van der Waals surface area contributed by atoms with Crippen LogP contribution in [0, 0.1) is 0 Å². The number of ether oxygens (including phenoxy) is 8. The minimum Gasteiger partial charge on any atom is -0.494 e. The number of benzene rings is 2. The fourth-order valence-corrected chi connectivity index (χ4v) is 6.44. The first-order valence-electron chi connectivity index (χ1n) is 19.4. The molecule has 0 aromatic heterocycles. The van der Waals surface area contributed by atoms with Gasteiger partial charge in [0.1, 0.15) is 48.6 Å². The summed E-state index contributed by atoms with van der Waals surface area (Å²) in [6.45, 7) is 13.6. The largest absolute Gasteiger partial charge is 0.494 e. The summed E-state index contributed by atoms with van der Waals surface area (Å²) in [4.78, 5) is 0. The molecule has 8 nitrogen and oxygen atoms in total. The Labute approximate surface area is 310 Å². The highest BCUT2D eigenvalue weighted by atomic mass is 35.5. The predicted molar refractivity (Wildman–Crippen MR) is 199 cm³/mol. The van der Waals surface area contributed by atoms with Gasteiger partial charge >= 0.3 is 0 Å².